The topological polar surface area (TPSA) is 34.1 Å². The first-order chi connectivity index (χ1) is 7.06. The summed E-state index contributed by atoms with van der Waals surface area (Å²) < 4.78 is 0. The van der Waals surface area contributed by atoms with Gasteiger partial charge >= 0.3 is 0 Å². The van der Waals surface area contributed by atoms with Crippen LogP contribution in [-0.4, -0.2) is 11.6 Å². The molecule has 2 aliphatic carbocycles. The summed E-state index contributed by atoms with van der Waals surface area (Å²) in [4.78, 5) is 22.2. The summed E-state index contributed by atoms with van der Waals surface area (Å²) in [7, 11) is 0. The first kappa shape index (κ1) is 10.8. The minimum atomic E-state index is 0.329. The lowest BCUT2D eigenvalue weighted by molar-refractivity contribution is -0.120. The fourth-order valence-corrected chi connectivity index (χ4v) is 3.75. The molecule has 2 aliphatic rings. The molecule has 0 aliphatic heterocycles. The van der Waals surface area contributed by atoms with Crippen LogP contribution in [0.25, 0.3) is 0 Å². The van der Waals surface area contributed by atoms with Crippen molar-refractivity contribution < 1.29 is 9.59 Å². The fraction of sp³-hybridized carbons (Fsp3) is 0.846. The third-order valence-corrected chi connectivity index (χ3v) is 4.25. The van der Waals surface area contributed by atoms with Crippen molar-refractivity contribution in [3.8, 4) is 0 Å². The molecule has 2 rings (SSSR count). The summed E-state index contributed by atoms with van der Waals surface area (Å²) in [6.07, 6.45) is 5.21. The number of ketones is 2. The van der Waals surface area contributed by atoms with E-state index in [2.05, 4.69) is 0 Å². The van der Waals surface area contributed by atoms with Crippen LogP contribution in [0.5, 0.6) is 0 Å². The van der Waals surface area contributed by atoms with E-state index in [0.717, 1.165) is 24.7 Å². The first-order valence-electron chi connectivity index (χ1n) is 6.05. The van der Waals surface area contributed by atoms with Gasteiger partial charge in [-0.1, -0.05) is 0 Å². The summed E-state index contributed by atoms with van der Waals surface area (Å²) in [5, 5.41) is 0. The van der Waals surface area contributed by atoms with E-state index in [4.69, 9.17) is 0 Å². The fourth-order valence-electron chi connectivity index (χ4n) is 3.75. The molecule has 0 N–H and O–H groups in total. The highest BCUT2D eigenvalue weighted by Gasteiger charge is 2.45. The summed E-state index contributed by atoms with van der Waals surface area (Å²) >= 11 is 0. The van der Waals surface area contributed by atoms with Gasteiger partial charge in [-0.3, -0.25) is 0 Å². The lowest BCUT2D eigenvalue weighted by Gasteiger charge is -2.26. The minimum absolute atomic E-state index is 0.329. The standard InChI is InChI=1S/C13H20O2/c1-8(14)3-10-5-13-7-12(10)6-11(13)4-9(2)15/h10-13H,3-7H2,1-2H3. The van der Waals surface area contributed by atoms with Crippen molar-refractivity contribution >= 4 is 11.6 Å². The van der Waals surface area contributed by atoms with E-state index in [1.54, 1.807) is 13.8 Å². The van der Waals surface area contributed by atoms with E-state index in [0.29, 0.717) is 23.4 Å². The third-order valence-electron chi connectivity index (χ3n) is 4.25. The van der Waals surface area contributed by atoms with Crippen molar-refractivity contribution in [3.05, 3.63) is 0 Å². The summed E-state index contributed by atoms with van der Waals surface area (Å²) in [6, 6.07) is 0. The second-order valence-corrected chi connectivity index (χ2v) is 5.56. The number of carbonyl (C=O) groups is 2. The molecule has 2 bridgehead atoms. The van der Waals surface area contributed by atoms with Crippen LogP contribution in [0.1, 0.15) is 46.0 Å². The van der Waals surface area contributed by atoms with Gasteiger partial charge < -0.3 is 9.59 Å². The minimum Gasteiger partial charge on any atom is -0.300 e. The van der Waals surface area contributed by atoms with Crippen molar-refractivity contribution in [3.63, 3.8) is 0 Å². The van der Waals surface area contributed by atoms with Crippen LogP contribution in [0, 0.1) is 23.7 Å². The van der Waals surface area contributed by atoms with Crippen LogP contribution >= 0.6 is 0 Å². The van der Waals surface area contributed by atoms with E-state index in [1.165, 1.54) is 19.3 Å². The van der Waals surface area contributed by atoms with Crippen molar-refractivity contribution in [1.82, 2.24) is 0 Å². The SMILES string of the molecule is CC(=O)CC1CC2CC1CC2CC(C)=O. The maximum absolute atomic E-state index is 11.1. The summed E-state index contributed by atoms with van der Waals surface area (Å²) in [5.41, 5.74) is 0. The van der Waals surface area contributed by atoms with Gasteiger partial charge in [-0.2, -0.15) is 0 Å². The maximum atomic E-state index is 11.1. The molecular weight excluding hydrogens is 188 g/mol. The summed E-state index contributed by atoms with van der Waals surface area (Å²) in [6.45, 7) is 3.39. The Bertz CT molecular complexity index is 254. The van der Waals surface area contributed by atoms with Crippen molar-refractivity contribution in [2.45, 2.75) is 46.0 Å². The molecule has 0 spiro atoms. The molecule has 2 nitrogen and oxygen atoms in total. The number of carbonyl (C=O) groups excluding carboxylic acids is 2. The predicted molar refractivity (Wildman–Crippen MR) is 58.4 cm³/mol. The molecule has 0 heterocycles. The molecule has 84 valence electrons. The Morgan fingerprint density at radius 1 is 0.867 bits per heavy atom. The number of rotatable bonds is 4. The molecule has 15 heavy (non-hydrogen) atoms. The van der Waals surface area contributed by atoms with Gasteiger partial charge in [-0.25, -0.2) is 0 Å². The highest BCUT2D eigenvalue weighted by atomic mass is 16.1. The van der Waals surface area contributed by atoms with Crippen molar-refractivity contribution in [1.29, 1.82) is 0 Å². The quantitative estimate of drug-likeness (QED) is 0.711. The zero-order valence-corrected chi connectivity index (χ0v) is 9.66. The molecular formula is C13H20O2. The molecule has 2 fully saturated rings. The second-order valence-electron chi connectivity index (χ2n) is 5.56. The Hall–Kier alpha value is -0.660. The number of hydrogen-bond donors (Lipinski definition) is 0. The predicted octanol–water partition coefficient (Wildman–Crippen LogP) is 2.61. The van der Waals surface area contributed by atoms with E-state index in [-0.39, 0.29) is 0 Å². The Labute approximate surface area is 91.4 Å². The van der Waals surface area contributed by atoms with Crippen LogP contribution in [0.4, 0.5) is 0 Å². The smallest absolute Gasteiger partial charge is 0.130 e. The van der Waals surface area contributed by atoms with Gasteiger partial charge in [0.15, 0.2) is 0 Å². The van der Waals surface area contributed by atoms with Crippen molar-refractivity contribution in [2.24, 2.45) is 23.7 Å². The van der Waals surface area contributed by atoms with Crippen molar-refractivity contribution in [2.75, 3.05) is 0 Å². The highest BCUT2D eigenvalue weighted by Crippen LogP contribution is 2.53. The van der Waals surface area contributed by atoms with Crippen LogP contribution in [0.3, 0.4) is 0 Å². The molecule has 0 radical (unpaired) electrons. The lowest BCUT2D eigenvalue weighted by Crippen LogP contribution is -2.21. The zero-order valence-electron chi connectivity index (χ0n) is 9.66. The zero-order chi connectivity index (χ0) is 11.0. The van der Waals surface area contributed by atoms with Gasteiger partial charge in [-0.05, 0) is 56.8 Å². The van der Waals surface area contributed by atoms with Gasteiger partial charge in [0, 0.05) is 12.8 Å². The normalized spacial score (nSPS) is 38.3. The first-order valence-corrected chi connectivity index (χ1v) is 6.05. The molecule has 2 heteroatoms. The van der Waals surface area contributed by atoms with Gasteiger partial charge in [0.2, 0.25) is 0 Å². The largest absolute Gasteiger partial charge is 0.300 e. The second kappa shape index (κ2) is 4.07. The van der Waals surface area contributed by atoms with Crippen LogP contribution in [0.2, 0.25) is 0 Å². The van der Waals surface area contributed by atoms with E-state index < -0.39 is 0 Å². The van der Waals surface area contributed by atoms with Gasteiger partial charge in [0.1, 0.15) is 11.6 Å². The van der Waals surface area contributed by atoms with Gasteiger partial charge in [0.05, 0.1) is 0 Å². The Kier molecular flexibility index (Phi) is 2.94. The van der Waals surface area contributed by atoms with Crippen LogP contribution in [-0.2, 0) is 9.59 Å². The number of Topliss-reactive ketones (excluding diaryl/α,β-unsaturated/α-hetero) is 2. The number of fused-ring (bicyclic) bond motifs is 2. The molecule has 4 atom stereocenters. The average Bonchev–Trinajstić information content (AvgIpc) is 2.60. The van der Waals surface area contributed by atoms with Gasteiger partial charge in [0.25, 0.3) is 0 Å². The molecule has 0 aromatic rings. The summed E-state index contributed by atoms with van der Waals surface area (Å²) in [5.74, 6) is 3.41. The Morgan fingerprint density at radius 3 is 1.53 bits per heavy atom. The van der Waals surface area contributed by atoms with E-state index in [1.807, 2.05) is 0 Å². The molecule has 0 saturated heterocycles. The Morgan fingerprint density at radius 2 is 1.27 bits per heavy atom. The molecule has 0 aromatic carbocycles. The molecule has 0 amide bonds. The van der Waals surface area contributed by atoms with Gasteiger partial charge in [-0.15, -0.1) is 0 Å². The van der Waals surface area contributed by atoms with Crippen LogP contribution < -0.4 is 0 Å². The third kappa shape index (κ3) is 2.30. The molecule has 2 saturated carbocycles. The molecule has 4 unspecified atom stereocenters. The van der Waals surface area contributed by atoms with Crippen LogP contribution in [0.15, 0.2) is 0 Å². The Balaban J connectivity index is 1.88. The average molecular weight is 208 g/mol. The molecule has 0 aromatic heterocycles. The highest BCUT2D eigenvalue weighted by molar-refractivity contribution is 5.76. The maximum Gasteiger partial charge on any atom is 0.130 e. The van der Waals surface area contributed by atoms with E-state index in [9.17, 15) is 9.59 Å². The van der Waals surface area contributed by atoms with E-state index >= 15 is 0 Å². The lowest BCUT2D eigenvalue weighted by atomic mass is 9.78. The monoisotopic (exact) mass is 208 g/mol. The number of hydrogen-bond acceptors (Lipinski definition) is 2.